The highest BCUT2D eigenvalue weighted by Crippen LogP contribution is 2.42. The Bertz CT molecular complexity index is 785. The van der Waals surface area contributed by atoms with Gasteiger partial charge in [-0.05, 0) is 6.92 Å². The SMILES string of the molecule is Cc1cn([C@H]2C[C@H](O)[C@@H](COP(=O)(O)CC(=O)O)O2)c(=O)[nH]c1=O. The van der Waals surface area contributed by atoms with E-state index in [-0.39, 0.29) is 12.0 Å². The Morgan fingerprint density at radius 3 is 2.83 bits per heavy atom. The topological polar surface area (TPSA) is 168 Å². The predicted octanol–water partition coefficient (Wildman–Crippen LogP) is -1.22. The molecule has 0 saturated carbocycles. The van der Waals surface area contributed by atoms with Crippen LogP contribution in [0, 0.1) is 6.92 Å². The third-order valence-electron chi connectivity index (χ3n) is 3.44. The van der Waals surface area contributed by atoms with Crippen LogP contribution in [0.4, 0.5) is 0 Å². The van der Waals surface area contributed by atoms with Crippen LogP contribution in [0.2, 0.25) is 0 Å². The van der Waals surface area contributed by atoms with E-state index in [0.717, 1.165) is 4.57 Å². The molecule has 2 rings (SSSR count). The van der Waals surface area contributed by atoms with Crippen molar-refractivity contribution in [2.24, 2.45) is 0 Å². The highest BCUT2D eigenvalue weighted by Gasteiger charge is 2.37. The van der Waals surface area contributed by atoms with Crippen molar-refractivity contribution in [2.45, 2.75) is 31.8 Å². The van der Waals surface area contributed by atoms with Crippen LogP contribution < -0.4 is 11.2 Å². The summed E-state index contributed by atoms with van der Waals surface area (Å²) in [4.78, 5) is 45.0. The number of nitrogens with zero attached hydrogens (tertiary/aromatic N) is 1. The number of aromatic amines is 1. The minimum absolute atomic E-state index is 0.00588. The molecule has 1 saturated heterocycles. The fourth-order valence-electron chi connectivity index (χ4n) is 2.24. The zero-order chi connectivity index (χ0) is 18.1. The normalized spacial score (nSPS) is 26.2. The van der Waals surface area contributed by atoms with E-state index in [1.165, 1.54) is 13.1 Å². The van der Waals surface area contributed by atoms with Crippen LogP contribution in [-0.4, -0.2) is 55.6 Å². The van der Waals surface area contributed by atoms with Gasteiger partial charge in [-0.1, -0.05) is 0 Å². The first-order chi connectivity index (χ1) is 11.1. The van der Waals surface area contributed by atoms with Gasteiger partial charge in [-0.2, -0.15) is 0 Å². The maximum Gasteiger partial charge on any atom is 0.339 e. The van der Waals surface area contributed by atoms with Crippen molar-refractivity contribution in [1.29, 1.82) is 0 Å². The number of carboxylic acids is 1. The lowest BCUT2D eigenvalue weighted by Crippen LogP contribution is -2.33. The number of rotatable bonds is 6. The first-order valence-electron chi connectivity index (χ1n) is 6.93. The summed E-state index contributed by atoms with van der Waals surface area (Å²) in [7, 11) is -4.35. The number of aliphatic hydroxyl groups is 1. The molecule has 1 aliphatic rings. The molecule has 0 aliphatic carbocycles. The summed E-state index contributed by atoms with van der Waals surface area (Å²) in [5.41, 5.74) is -0.985. The number of carboxylic acid groups (broad SMARTS) is 1. The molecule has 134 valence electrons. The van der Waals surface area contributed by atoms with E-state index in [2.05, 4.69) is 9.51 Å². The van der Waals surface area contributed by atoms with E-state index in [1.807, 2.05) is 0 Å². The highest BCUT2D eigenvalue weighted by molar-refractivity contribution is 7.53. The molecule has 0 spiro atoms. The van der Waals surface area contributed by atoms with Crippen LogP contribution in [0.1, 0.15) is 18.2 Å². The molecule has 12 heteroatoms. The number of aromatic nitrogens is 2. The third-order valence-corrected chi connectivity index (χ3v) is 4.66. The van der Waals surface area contributed by atoms with Gasteiger partial charge in [-0.15, -0.1) is 0 Å². The lowest BCUT2D eigenvalue weighted by molar-refractivity contribution is -0.134. The number of hydrogen-bond donors (Lipinski definition) is 4. The van der Waals surface area contributed by atoms with E-state index in [9.17, 15) is 28.9 Å². The van der Waals surface area contributed by atoms with Gasteiger partial charge in [-0.25, -0.2) is 4.79 Å². The molecule has 0 radical (unpaired) electrons. The second-order valence-electron chi connectivity index (χ2n) is 5.40. The summed E-state index contributed by atoms with van der Waals surface area (Å²) in [6, 6.07) is 0. The molecule has 1 aromatic heterocycles. The van der Waals surface area contributed by atoms with Crippen molar-refractivity contribution >= 4 is 13.6 Å². The van der Waals surface area contributed by atoms with Crippen LogP contribution in [0.5, 0.6) is 0 Å². The van der Waals surface area contributed by atoms with E-state index in [1.54, 1.807) is 0 Å². The lowest BCUT2D eigenvalue weighted by atomic mass is 10.2. The van der Waals surface area contributed by atoms with Crippen molar-refractivity contribution in [3.63, 3.8) is 0 Å². The Balaban J connectivity index is 2.06. The number of H-pyrrole nitrogens is 1. The average molecular weight is 364 g/mol. The predicted molar refractivity (Wildman–Crippen MR) is 78.9 cm³/mol. The third kappa shape index (κ3) is 4.40. The van der Waals surface area contributed by atoms with E-state index in [4.69, 9.17) is 9.84 Å². The summed E-state index contributed by atoms with van der Waals surface area (Å²) in [6.07, 6.45) is -2.81. The minimum Gasteiger partial charge on any atom is -0.481 e. The quantitative estimate of drug-likeness (QED) is 0.452. The van der Waals surface area contributed by atoms with Crippen LogP contribution >= 0.6 is 7.60 Å². The molecule has 1 fully saturated rings. The van der Waals surface area contributed by atoms with Gasteiger partial charge >= 0.3 is 19.3 Å². The molecule has 2 heterocycles. The second kappa shape index (κ2) is 6.99. The van der Waals surface area contributed by atoms with Gasteiger partial charge in [0.05, 0.1) is 12.7 Å². The zero-order valence-corrected chi connectivity index (χ0v) is 13.5. The number of hydrogen-bond acceptors (Lipinski definition) is 7. The van der Waals surface area contributed by atoms with Gasteiger partial charge < -0.3 is 24.4 Å². The van der Waals surface area contributed by atoms with Crippen molar-refractivity contribution in [3.8, 4) is 0 Å². The fraction of sp³-hybridized carbons (Fsp3) is 0.583. The van der Waals surface area contributed by atoms with Gasteiger partial charge in [0, 0.05) is 18.2 Å². The Morgan fingerprint density at radius 2 is 2.21 bits per heavy atom. The molecule has 0 bridgehead atoms. The molecular weight excluding hydrogens is 347 g/mol. The summed E-state index contributed by atoms with van der Waals surface area (Å²) in [5, 5.41) is 18.4. The number of ether oxygens (including phenoxy) is 1. The first-order valence-corrected chi connectivity index (χ1v) is 8.69. The standard InChI is InChI=1S/C12H17N2O9P/c1-6-3-14(12(19)13-11(6)18)9-2-7(15)8(23-9)4-22-24(20,21)5-10(16)17/h3,7-9,15H,2,4-5H2,1H3,(H,16,17)(H,20,21)(H,13,18,19)/t7-,8+,9+/m0/s1. The number of aliphatic carboxylic acids is 1. The van der Waals surface area contributed by atoms with Crippen molar-refractivity contribution < 1.29 is 33.7 Å². The molecule has 11 nitrogen and oxygen atoms in total. The molecular formula is C12H17N2O9P. The van der Waals surface area contributed by atoms with Crippen LogP contribution in [0.15, 0.2) is 15.8 Å². The van der Waals surface area contributed by atoms with Crippen LogP contribution in [0.25, 0.3) is 0 Å². The lowest BCUT2D eigenvalue weighted by Gasteiger charge is -2.18. The summed E-state index contributed by atoms with van der Waals surface area (Å²) >= 11 is 0. The maximum absolute atomic E-state index is 11.8. The number of aliphatic hydroxyl groups excluding tert-OH is 1. The minimum atomic E-state index is -4.35. The highest BCUT2D eigenvalue weighted by atomic mass is 31.2. The van der Waals surface area contributed by atoms with E-state index >= 15 is 0 Å². The van der Waals surface area contributed by atoms with Crippen molar-refractivity contribution in [1.82, 2.24) is 9.55 Å². The van der Waals surface area contributed by atoms with Crippen LogP contribution in [-0.2, 0) is 18.6 Å². The van der Waals surface area contributed by atoms with E-state index in [0.29, 0.717) is 0 Å². The summed E-state index contributed by atoms with van der Waals surface area (Å²) in [5.74, 6) is -1.50. The second-order valence-corrected chi connectivity index (χ2v) is 7.25. The zero-order valence-electron chi connectivity index (χ0n) is 12.6. The number of aryl methyl sites for hydroxylation is 1. The molecule has 0 aromatic carbocycles. The first kappa shape index (κ1) is 18.6. The Hall–Kier alpha value is -1.78. The molecule has 1 unspecified atom stereocenters. The van der Waals surface area contributed by atoms with Crippen LogP contribution in [0.3, 0.4) is 0 Å². The van der Waals surface area contributed by atoms with Gasteiger partial charge in [-0.3, -0.25) is 23.7 Å². The van der Waals surface area contributed by atoms with Gasteiger partial charge in [0.25, 0.3) is 5.56 Å². The fourth-order valence-corrected chi connectivity index (χ4v) is 3.06. The molecule has 1 aliphatic heterocycles. The summed E-state index contributed by atoms with van der Waals surface area (Å²) < 4.78 is 22.7. The Labute approximate surface area is 135 Å². The largest absolute Gasteiger partial charge is 0.481 e. The Kier molecular flexibility index (Phi) is 5.41. The van der Waals surface area contributed by atoms with Gasteiger partial charge in [0.1, 0.15) is 18.5 Å². The smallest absolute Gasteiger partial charge is 0.339 e. The number of carbonyl (C=O) groups is 1. The van der Waals surface area contributed by atoms with Crippen molar-refractivity contribution in [3.05, 3.63) is 32.6 Å². The van der Waals surface area contributed by atoms with E-state index < -0.39 is 56.0 Å². The van der Waals surface area contributed by atoms with Gasteiger partial charge in [0.2, 0.25) is 0 Å². The molecule has 4 atom stereocenters. The molecule has 4 N–H and O–H groups in total. The summed E-state index contributed by atoms with van der Waals surface area (Å²) in [6.45, 7) is 0.977. The maximum atomic E-state index is 11.8. The molecule has 0 amide bonds. The average Bonchev–Trinajstić information content (AvgIpc) is 2.80. The van der Waals surface area contributed by atoms with Gasteiger partial charge in [0.15, 0.2) is 0 Å². The molecule has 24 heavy (non-hydrogen) atoms. The molecule has 1 aromatic rings. The van der Waals surface area contributed by atoms with Crippen molar-refractivity contribution in [2.75, 3.05) is 12.8 Å². The monoisotopic (exact) mass is 364 g/mol. The Morgan fingerprint density at radius 1 is 1.54 bits per heavy atom. The number of nitrogens with one attached hydrogen (secondary N) is 1.